The molecule has 3 nitrogen and oxygen atoms in total. The second kappa shape index (κ2) is 6.00. The highest BCUT2D eigenvalue weighted by Crippen LogP contribution is 2.34. The molecule has 0 aliphatic rings. The molecule has 0 unspecified atom stereocenters. The molecule has 0 saturated carbocycles. The van der Waals surface area contributed by atoms with Gasteiger partial charge in [-0.3, -0.25) is 4.79 Å². The molecule has 94 valence electrons. The summed E-state index contributed by atoms with van der Waals surface area (Å²) in [4.78, 5) is 10.4. The van der Waals surface area contributed by atoms with Gasteiger partial charge in [0.2, 0.25) is 0 Å². The maximum absolute atomic E-state index is 13.5. The maximum Gasteiger partial charge on any atom is 0.303 e. The third-order valence-corrected chi connectivity index (χ3v) is 3.17. The van der Waals surface area contributed by atoms with Gasteiger partial charge in [0.25, 0.3) is 0 Å². The Hall–Kier alpha value is -1.10. The zero-order chi connectivity index (χ0) is 13.0. The molecule has 0 fully saturated rings. The number of hydrogen-bond acceptors (Lipinski definition) is 2. The summed E-state index contributed by atoms with van der Waals surface area (Å²) in [7, 11) is 1.51. The van der Waals surface area contributed by atoms with Crippen molar-refractivity contribution < 1.29 is 19.0 Å². The van der Waals surface area contributed by atoms with Crippen molar-refractivity contribution in [2.45, 2.75) is 26.2 Å². The van der Waals surface area contributed by atoms with Gasteiger partial charge in [-0.2, -0.15) is 0 Å². The lowest BCUT2D eigenvalue weighted by atomic mass is 10.0. The Balaban J connectivity index is 2.99. The van der Waals surface area contributed by atoms with Crippen molar-refractivity contribution in [3.8, 4) is 5.75 Å². The average molecular weight is 305 g/mol. The van der Waals surface area contributed by atoms with Crippen molar-refractivity contribution in [3.05, 3.63) is 27.5 Å². The first-order chi connectivity index (χ1) is 7.97. The lowest BCUT2D eigenvalue weighted by Gasteiger charge is -2.14. The Morgan fingerprint density at radius 2 is 2.24 bits per heavy atom. The highest BCUT2D eigenvalue weighted by atomic mass is 79.9. The van der Waals surface area contributed by atoms with E-state index in [4.69, 9.17) is 9.84 Å². The van der Waals surface area contributed by atoms with E-state index in [0.29, 0.717) is 28.6 Å². The molecular formula is C12H14BrFO3. The molecule has 0 amide bonds. The number of carbonyl (C=O) groups is 1. The Bertz CT molecular complexity index is 432. The molecule has 0 heterocycles. The summed E-state index contributed by atoms with van der Waals surface area (Å²) in [6.07, 6.45) is 1.01. The minimum Gasteiger partial charge on any atom is -0.495 e. The van der Waals surface area contributed by atoms with Gasteiger partial charge in [0, 0.05) is 12.0 Å². The zero-order valence-corrected chi connectivity index (χ0v) is 11.3. The van der Waals surface area contributed by atoms with Crippen LogP contribution in [0.3, 0.4) is 0 Å². The van der Waals surface area contributed by atoms with Crippen LogP contribution in [0, 0.1) is 12.7 Å². The van der Waals surface area contributed by atoms with E-state index in [2.05, 4.69) is 15.9 Å². The molecule has 0 atom stereocenters. The number of halogens is 2. The van der Waals surface area contributed by atoms with Gasteiger partial charge < -0.3 is 9.84 Å². The van der Waals surface area contributed by atoms with Gasteiger partial charge in [0.15, 0.2) is 0 Å². The van der Waals surface area contributed by atoms with Crippen LogP contribution in [0.15, 0.2) is 10.5 Å². The van der Waals surface area contributed by atoms with E-state index in [9.17, 15) is 9.18 Å². The first-order valence-electron chi connectivity index (χ1n) is 5.20. The fourth-order valence-electron chi connectivity index (χ4n) is 1.68. The Kier molecular flexibility index (Phi) is 4.93. The van der Waals surface area contributed by atoms with E-state index in [1.54, 1.807) is 6.92 Å². The van der Waals surface area contributed by atoms with Gasteiger partial charge in [-0.05, 0) is 47.3 Å². The third kappa shape index (κ3) is 3.43. The van der Waals surface area contributed by atoms with Gasteiger partial charge in [0.05, 0.1) is 11.6 Å². The Morgan fingerprint density at radius 3 is 2.76 bits per heavy atom. The summed E-state index contributed by atoms with van der Waals surface area (Å²) in [6.45, 7) is 1.67. The lowest BCUT2D eigenvalue weighted by molar-refractivity contribution is -0.137. The van der Waals surface area contributed by atoms with Crippen molar-refractivity contribution in [2.24, 2.45) is 0 Å². The molecule has 0 radical (unpaired) electrons. The summed E-state index contributed by atoms with van der Waals surface area (Å²) in [5, 5.41) is 8.58. The highest BCUT2D eigenvalue weighted by Gasteiger charge is 2.15. The van der Waals surface area contributed by atoms with Gasteiger partial charge in [-0.1, -0.05) is 0 Å². The normalized spacial score (nSPS) is 10.4. The second-order valence-corrected chi connectivity index (χ2v) is 4.58. The van der Waals surface area contributed by atoms with E-state index >= 15 is 0 Å². The number of ether oxygens (including phenoxy) is 1. The second-order valence-electron chi connectivity index (χ2n) is 3.72. The predicted octanol–water partition coefficient (Wildman–Crippen LogP) is 3.31. The number of benzene rings is 1. The average Bonchev–Trinajstić information content (AvgIpc) is 2.24. The highest BCUT2D eigenvalue weighted by molar-refractivity contribution is 9.10. The maximum atomic E-state index is 13.5. The van der Waals surface area contributed by atoms with Gasteiger partial charge >= 0.3 is 5.97 Å². The monoisotopic (exact) mass is 304 g/mol. The van der Waals surface area contributed by atoms with Crippen LogP contribution in [0.25, 0.3) is 0 Å². The van der Waals surface area contributed by atoms with E-state index in [1.165, 1.54) is 13.2 Å². The van der Waals surface area contributed by atoms with Crippen LogP contribution in [-0.2, 0) is 11.2 Å². The molecule has 0 saturated heterocycles. The minimum atomic E-state index is -0.850. The molecule has 0 aliphatic carbocycles. The Morgan fingerprint density at radius 1 is 1.59 bits per heavy atom. The number of aliphatic carboxylic acids is 1. The number of hydrogen-bond donors (Lipinski definition) is 1. The molecule has 0 bridgehead atoms. The van der Waals surface area contributed by atoms with Gasteiger partial charge in [0.1, 0.15) is 11.6 Å². The minimum absolute atomic E-state index is 0.0662. The number of carboxylic acids is 1. The summed E-state index contributed by atoms with van der Waals surface area (Å²) >= 11 is 3.23. The van der Waals surface area contributed by atoms with E-state index < -0.39 is 5.97 Å². The molecule has 17 heavy (non-hydrogen) atoms. The van der Waals surface area contributed by atoms with Crippen LogP contribution in [-0.4, -0.2) is 18.2 Å². The zero-order valence-electron chi connectivity index (χ0n) is 9.72. The quantitative estimate of drug-likeness (QED) is 0.908. The molecule has 0 spiro atoms. The summed E-state index contributed by atoms with van der Waals surface area (Å²) < 4.78 is 19.3. The lowest BCUT2D eigenvalue weighted by Crippen LogP contribution is -2.02. The van der Waals surface area contributed by atoms with Crippen molar-refractivity contribution in [1.29, 1.82) is 0 Å². The molecule has 1 N–H and O–H groups in total. The smallest absolute Gasteiger partial charge is 0.303 e. The largest absolute Gasteiger partial charge is 0.495 e. The van der Waals surface area contributed by atoms with Crippen LogP contribution in [0.1, 0.15) is 24.0 Å². The number of carboxylic acid groups (broad SMARTS) is 1. The van der Waals surface area contributed by atoms with Crippen LogP contribution in [0.2, 0.25) is 0 Å². The Labute approximate surface area is 108 Å². The molecule has 5 heteroatoms. The standard InChI is InChI=1S/C12H14BrFO3/c1-7-8(4-3-5-11(15)16)12(17-2)9(13)6-10(7)14/h6H,3-5H2,1-2H3,(H,15,16). The molecular weight excluding hydrogens is 291 g/mol. The molecule has 0 aliphatic heterocycles. The van der Waals surface area contributed by atoms with Crippen LogP contribution < -0.4 is 4.74 Å². The van der Waals surface area contributed by atoms with Crippen molar-refractivity contribution in [1.82, 2.24) is 0 Å². The number of rotatable bonds is 5. The fourth-order valence-corrected chi connectivity index (χ4v) is 2.28. The van der Waals surface area contributed by atoms with E-state index in [1.807, 2.05) is 0 Å². The summed E-state index contributed by atoms with van der Waals surface area (Å²) in [5.74, 6) is -0.589. The van der Waals surface area contributed by atoms with Crippen molar-refractivity contribution >= 4 is 21.9 Å². The fraction of sp³-hybridized carbons (Fsp3) is 0.417. The molecule has 1 rings (SSSR count). The summed E-state index contributed by atoms with van der Waals surface area (Å²) in [5.41, 5.74) is 1.23. The first-order valence-corrected chi connectivity index (χ1v) is 6.00. The third-order valence-electron chi connectivity index (χ3n) is 2.58. The van der Waals surface area contributed by atoms with E-state index in [-0.39, 0.29) is 12.2 Å². The number of methoxy groups -OCH3 is 1. The molecule has 1 aromatic rings. The first kappa shape index (κ1) is 14.0. The molecule has 1 aromatic carbocycles. The van der Waals surface area contributed by atoms with Crippen molar-refractivity contribution in [2.75, 3.05) is 7.11 Å². The molecule has 0 aromatic heterocycles. The van der Waals surface area contributed by atoms with E-state index in [0.717, 1.165) is 5.56 Å². The van der Waals surface area contributed by atoms with Gasteiger partial charge in [-0.15, -0.1) is 0 Å². The van der Waals surface area contributed by atoms with Crippen LogP contribution in [0.4, 0.5) is 4.39 Å². The SMILES string of the molecule is COc1c(Br)cc(F)c(C)c1CCCC(=O)O. The summed E-state index contributed by atoms with van der Waals surface area (Å²) in [6, 6.07) is 1.36. The van der Waals surface area contributed by atoms with Crippen molar-refractivity contribution in [3.63, 3.8) is 0 Å². The topological polar surface area (TPSA) is 46.5 Å². The van der Waals surface area contributed by atoms with Crippen LogP contribution in [0.5, 0.6) is 5.75 Å². The van der Waals surface area contributed by atoms with Gasteiger partial charge in [-0.25, -0.2) is 4.39 Å². The van der Waals surface area contributed by atoms with Crippen LogP contribution >= 0.6 is 15.9 Å². The predicted molar refractivity (Wildman–Crippen MR) is 66.0 cm³/mol.